The number of nitrogens with zero attached hydrogens (tertiary/aromatic N) is 1. The molecule has 1 aliphatic rings. The summed E-state index contributed by atoms with van der Waals surface area (Å²) in [5, 5.41) is 0. The number of likely N-dealkylation sites (tertiary alicyclic amines) is 1. The van der Waals surface area contributed by atoms with Crippen molar-refractivity contribution in [2.75, 3.05) is 32.9 Å². The van der Waals surface area contributed by atoms with E-state index in [1.807, 2.05) is 0 Å². The van der Waals surface area contributed by atoms with Crippen LogP contribution >= 0.6 is 0 Å². The molecule has 1 aliphatic heterocycles. The number of rotatable bonds is 7. The number of aryl methyl sites for hydroxylation is 1. The average Bonchev–Trinajstić information content (AvgIpc) is 3.00. The molecule has 0 radical (unpaired) electrons. The van der Waals surface area contributed by atoms with Crippen LogP contribution in [-0.2, 0) is 23.8 Å². The van der Waals surface area contributed by atoms with Crippen molar-refractivity contribution in [3.8, 4) is 0 Å². The highest BCUT2D eigenvalue weighted by Crippen LogP contribution is 2.21. The second-order valence-electron chi connectivity index (χ2n) is 6.83. The minimum atomic E-state index is -0.712. The predicted molar refractivity (Wildman–Crippen MR) is 102 cm³/mol. The van der Waals surface area contributed by atoms with Crippen LogP contribution in [0.3, 0.4) is 0 Å². The monoisotopic (exact) mass is 408 g/mol. The Morgan fingerprint density at radius 2 is 1.59 bits per heavy atom. The fourth-order valence-electron chi connectivity index (χ4n) is 3.38. The number of carbonyl (C=O) groups is 4. The molecule has 1 saturated heterocycles. The fourth-order valence-corrected chi connectivity index (χ4v) is 3.38. The van der Waals surface area contributed by atoms with Crippen molar-refractivity contribution in [3.63, 3.8) is 0 Å². The summed E-state index contributed by atoms with van der Waals surface area (Å²) < 4.78 is 15.1. The number of hydrogen-bond acceptors (Lipinski definition) is 7. The van der Waals surface area contributed by atoms with E-state index in [4.69, 9.17) is 14.2 Å². The summed E-state index contributed by atoms with van der Waals surface area (Å²) in [5.41, 5.74) is 1.35. The number of piperidine rings is 1. The lowest BCUT2D eigenvalue weighted by molar-refractivity contribution is -0.151. The van der Waals surface area contributed by atoms with Gasteiger partial charge in [0, 0.05) is 18.8 Å². The predicted octanol–water partition coefficient (Wildman–Crippen LogP) is 1.77. The molecule has 29 heavy (non-hydrogen) atoms. The van der Waals surface area contributed by atoms with Gasteiger partial charge in [0.1, 0.15) is 5.69 Å². The Morgan fingerprint density at radius 1 is 0.966 bits per heavy atom. The highest BCUT2D eigenvalue weighted by atomic mass is 16.5. The Morgan fingerprint density at radius 3 is 2.17 bits per heavy atom. The van der Waals surface area contributed by atoms with E-state index in [1.165, 1.54) is 0 Å². The topological polar surface area (TPSA) is 115 Å². The number of hydrogen-bond donors (Lipinski definition) is 1. The Kier molecular flexibility index (Phi) is 7.81. The van der Waals surface area contributed by atoms with E-state index in [2.05, 4.69) is 4.98 Å². The van der Waals surface area contributed by atoms with Gasteiger partial charge in [-0.1, -0.05) is 0 Å². The first-order valence-corrected chi connectivity index (χ1v) is 9.77. The van der Waals surface area contributed by atoms with Crippen molar-refractivity contribution in [2.45, 2.75) is 40.5 Å². The molecule has 9 heteroatoms. The van der Waals surface area contributed by atoms with Crippen LogP contribution in [-0.4, -0.2) is 66.6 Å². The number of amides is 1. The second-order valence-corrected chi connectivity index (χ2v) is 6.83. The summed E-state index contributed by atoms with van der Waals surface area (Å²) in [6.07, 6.45) is 1.05. The summed E-state index contributed by atoms with van der Waals surface area (Å²) in [7, 11) is 0. The molecule has 0 bridgehead atoms. The van der Waals surface area contributed by atoms with Gasteiger partial charge in [-0.3, -0.25) is 9.59 Å². The van der Waals surface area contributed by atoms with E-state index in [0.717, 1.165) is 0 Å². The molecule has 0 aromatic carbocycles. The van der Waals surface area contributed by atoms with Gasteiger partial charge < -0.3 is 24.1 Å². The van der Waals surface area contributed by atoms with Crippen molar-refractivity contribution < 1.29 is 33.4 Å². The maximum atomic E-state index is 12.4. The molecule has 0 aliphatic carbocycles. The van der Waals surface area contributed by atoms with E-state index in [9.17, 15) is 19.2 Å². The highest BCUT2D eigenvalue weighted by molar-refractivity contribution is 5.99. The van der Waals surface area contributed by atoms with Gasteiger partial charge >= 0.3 is 17.9 Å². The SMILES string of the molecule is CCOC(=O)c1c(C)[nH]c(C(=O)OCC(=O)N2CCC(C(=O)OCC)CC2)c1C. The zero-order valence-corrected chi connectivity index (χ0v) is 17.3. The maximum absolute atomic E-state index is 12.4. The van der Waals surface area contributed by atoms with E-state index in [0.29, 0.717) is 49.4 Å². The van der Waals surface area contributed by atoms with E-state index < -0.39 is 18.5 Å². The number of esters is 3. The molecule has 1 N–H and O–H groups in total. The largest absolute Gasteiger partial charge is 0.466 e. The maximum Gasteiger partial charge on any atom is 0.355 e. The molecule has 0 spiro atoms. The van der Waals surface area contributed by atoms with Crippen LogP contribution in [0.25, 0.3) is 0 Å². The number of nitrogens with one attached hydrogen (secondary N) is 1. The van der Waals surface area contributed by atoms with Crippen molar-refractivity contribution >= 4 is 23.8 Å². The third kappa shape index (κ3) is 5.36. The Hall–Kier alpha value is -2.84. The zero-order chi connectivity index (χ0) is 21.6. The fraction of sp³-hybridized carbons (Fsp3) is 0.600. The van der Waals surface area contributed by atoms with Gasteiger partial charge in [-0.05, 0) is 46.1 Å². The molecule has 1 aromatic heterocycles. The van der Waals surface area contributed by atoms with E-state index in [-0.39, 0.29) is 30.1 Å². The molecule has 1 fully saturated rings. The summed E-state index contributed by atoms with van der Waals surface area (Å²) in [4.78, 5) is 52.9. The second kappa shape index (κ2) is 10.1. The van der Waals surface area contributed by atoms with Crippen LogP contribution < -0.4 is 0 Å². The normalized spacial score (nSPS) is 14.4. The number of carbonyl (C=O) groups excluding carboxylic acids is 4. The summed E-state index contributed by atoms with van der Waals surface area (Å²) in [5.74, 6) is -1.99. The van der Waals surface area contributed by atoms with Crippen molar-refractivity contribution in [2.24, 2.45) is 5.92 Å². The minimum Gasteiger partial charge on any atom is -0.466 e. The molecule has 1 aromatic rings. The van der Waals surface area contributed by atoms with Crippen LogP contribution in [0.15, 0.2) is 0 Å². The molecular weight excluding hydrogens is 380 g/mol. The first-order valence-electron chi connectivity index (χ1n) is 9.77. The number of aromatic amines is 1. The molecular formula is C20H28N2O7. The lowest BCUT2D eigenvalue weighted by atomic mass is 9.97. The third-order valence-electron chi connectivity index (χ3n) is 4.92. The minimum absolute atomic E-state index is 0.124. The third-order valence-corrected chi connectivity index (χ3v) is 4.92. The van der Waals surface area contributed by atoms with E-state index in [1.54, 1.807) is 32.6 Å². The molecule has 0 unspecified atom stereocenters. The summed E-state index contributed by atoms with van der Waals surface area (Å²) in [6.45, 7) is 7.71. The number of H-pyrrole nitrogens is 1. The van der Waals surface area contributed by atoms with E-state index >= 15 is 0 Å². The number of aromatic nitrogens is 1. The lowest BCUT2D eigenvalue weighted by Gasteiger charge is -2.30. The summed E-state index contributed by atoms with van der Waals surface area (Å²) >= 11 is 0. The molecule has 160 valence electrons. The lowest BCUT2D eigenvalue weighted by Crippen LogP contribution is -2.42. The first-order chi connectivity index (χ1) is 13.8. The molecule has 2 rings (SSSR count). The smallest absolute Gasteiger partial charge is 0.355 e. The zero-order valence-electron chi connectivity index (χ0n) is 17.3. The molecule has 0 atom stereocenters. The van der Waals surface area contributed by atoms with Crippen LogP contribution in [0.2, 0.25) is 0 Å². The van der Waals surface area contributed by atoms with Gasteiger partial charge in [-0.2, -0.15) is 0 Å². The van der Waals surface area contributed by atoms with Gasteiger partial charge in [0.15, 0.2) is 6.61 Å². The van der Waals surface area contributed by atoms with Crippen molar-refractivity contribution in [1.82, 2.24) is 9.88 Å². The Balaban J connectivity index is 1.90. The first kappa shape index (κ1) is 22.4. The van der Waals surface area contributed by atoms with Crippen molar-refractivity contribution in [3.05, 3.63) is 22.5 Å². The highest BCUT2D eigenvalue weighted by Gasteiger charge is 2.29. The quantitative estimate of drug-likeness (QED) is 0.540. The Bertz CT molecular complexity index is 776. The van der Waals surface area contributed by atoms with Gasteiger partial charge in [-0.25, -0.2) is 9.59 Å². The van der Waals surface area contributed by atoms with Gasteiger partial charge in [0.2, 0.25) is 0 Å². The van der Waals surface area contributed by atoms with Crippen LogP contribution in [0.1, 0.15) is 58.8 Å². The average molecular weight is 408 g/mol. The summed E-state index contributed by atoms with van der Waals surface area (Å²) in [6, 6.07) is 0. The van der Waals surface area contributed by atoms with Crippen molar-refractivity contribution in [1.29, 1.82) is 0 Å². The molecule has 2 heterocycles. The molecule has 0 saturated carbocycles. The molecule has 1 amide bonds. The van der Waals surface area contributed by atoms with Gasteiger partial charge in [0.25, 0.3) is 5.91 Å². The van der Waals surface area contributed by atoms with Gasteiger partial charge in [-0.15, -0.1) is 0 Å². The number of ether oxygens (including phenoxy) is 3. The van der Waals surface area contributed by atoms with Gasteiger partial charge in [0.05, 0.1) is 24.7 Å². The van der Waals surface area contributed by atoms with Crippen LogP contribution in [0.5, 0.6) is 0 Å². The van der Waals surface area contributed by atoms with Crippen LogP contribution in [0, 0.1) is 19.8 Å². The Labute approximate surface area is 169 Å². The van der Waals surface area contributed by atoms with Crippen LogP contribution in [0.4, 0.5) is 0 Å². The standard InChI is InChI=1S/C20H28N2O7/c1-5-27-18(24)14-7-9-22(10-8-14)15(23)11-29-20(26)17-12(3)16(13(4)21-17)19(25)28-6-2/h14,21H,5-11H2,1-4H3. The molecule has 9 nitrogen and oxygen atoms in total.